The minimum atomic E-state index is 0.449. The summed E-state index contributed by atoms with van der Waals surface area (Å²) in [5.74, 6) is 1.02. The SMILES string of the molecule is CC.CC.CC(=CO)OCC1C=CC=CC1. The molecule has 0 fully saturated rings. The summed E-state index contributed by atoms with van der Waals surface area (Å²) in [6.07, 6.45) is 10.3. The molecule has 94 valence electrons. The summed E-state index contributed by atoms with van der Waals surface area (Å²) in [7, 11) is 0. The molecular formula is C14H26O2. The second kappa shape index (κ2) is 13.8. The van der Waals surface area contributed by atoms with Crippen LogP contribution in [-0.2, 0) is 4.74 Å². The molecule has 0 bridgehead atoms. The van der Waals surface area contributed by atoms with Gasteiger partial charge in [-0.3, -0.25) is 0 Å². The Bertz CT molecular complexity index is 215. The molecule has 0 saturated carbocycles. The lowest BCUT2D eigenvalue weighted by atomic mass is 10.0. The number of hydrogen-bond donors (Lipinski definition) is 1. The van der Waals surface area contributed by atoms with Gasteiger partial charge in [0.1, 0.15) is 12.0 Å². The molecule has 0 spiro atoms. The number of rotatable bonds is 3. The van der Waals surface area contributed by atoms with E-state index in [1.54, 1.807) is 6.92 Å². The van der Waals surface area contributed by atoms with Crippen LogP contribution < -0.4 is 0 Å². The van der Waals surface area contributed by atoms with Gasteiger partial charge in [-0.25, -0.2) is 0 Å². The van der Waals surface area contributed by atoms with Gasteiger partial charge in [-0.05, 0) is 13.3 Å². The highest BCUT2D eigenvalue weighted by atomic mass is 16.5. The Balaban J connectivity index is 0. The number of aliphatic hydroxyl groups excluding tert-OH is 1. The molecule has 0 amide bonds. The Kier molecular flexibility index (Phi) is 14.9. The predicted octanol–water partition coefficient (Wildman–Crippen LogP) is 4.61. The van der Waals surface area contributed by atoms with Crippen LogP contribution >= 0.6 is 0 Å². The van der Waals surface area contributed by atoms with Gasteiger partial charge in [-0.1, -0.05) is 52.0 Å². The maximum Gasteiger partial charge on any atom is 0.127 e. The Labute approximate surface area is 100 Å². The lowest BCUT2D eigenvalue weighted by Crippen LogP contribution is -2.06. The van der Waals surface area contributed by atoms with Gasteiger partial charge >= 0.3 is 0 Å². The fraction of sp³-hybridized carbons (Fsp3) is 0.571. The molecule has 0 aliphatic heterocycles. The Morgan fingerprint density at radius 2 is 1.94 bits per heavy atom. The van der Waals surface area contributed by atoms with Crippen LogP contribution in [0.4, 0.5) is 0 Å². The van der Waals surface area contributed by atoms with E-state index in [1.165, 1.54) is 0 Å². The van der Waals surface area contributed by atoms with Crippen LogP contribution in [0.1, 0.15) is 41.0 Å². The molecule has 1 rings (SSSR count). The highest BCUT2D eigenvalue weighted by Gasteiger charge is 2.05. The molecular weight excluding hydrogens is 200 g/mol. The molecule has 0 aromatic rings. The minimum absolute atomic E-state index is 0.449. The summed E-state index contributed by atoms with van der Waals surface area (Å²) in [6, 6.07) is 0. The Morgan fingerprint density at radius 3 is 2.38 bits per heavy atom. The van der Waals surface area contributed by atoms with Crippen molar-refractivity contribution in [3.63, 3.8) is 0 Å². The average Bonchev–Trinajstić information content (AvgIpc) is 2.41. The normalized spacial score (nSPS) is 17.8. The first-order valence-corrected chi connectivity index (χ1v) is 6.10. The van der Waals surface area contributed by atoms with Crippen LogP contribution in [0.3, 0.4) is 0 Å². The molecule has 0 aromatic heterocycles. The van der Waals surface area contributed by atoms with Crippen LogP contribution in [-0.4, -0.2) is 11.7 Å². The topological polar surface area (TPSA) is 29.5 Å². The zero-order chi connectivity index (χ0) is 12.8. The lowest BCUT2D eigenvalue weighted by Gasteiger charge is -2.13. The van der Waals surface area contributed by atoms with Crippen molar-refractivity contribution in [3.8, 4) is 0 Å². The van der Waals surface area contributed by atoms with Gasteiger partial charge in [-0.15, -0.1) is 0 Å². The third-order valence-electron chi connectivity index (χ3n) is 1.78. The van der Waals surface area contributed by atoms with E-state index in [-0.39, 0.29) is 0 Å². The average molecular weight is 226 g/mol. The smallest absolute Gasteiger partial charge is 0.127 e. The van der Waals surface area contributed by atoms with Crippen molar-refractivity contribution in [1.29, 1.82) is 0 Å². The van der Waals surface area contributed by atoms with E-state index in [4.69, 9.17) is 9.84 Å². The van der Waals surface area contributed by atoms with E-state index in [2.05, 4.69) is 12.2 Å². The van der Waals surface area contributed by atoms with Crippen molar-refractivity contribution in [1.82, 2.24) is 0 Å². The molecule has 1 unspecified atom stereocenters. The molecule has 0 heterocycles. The zero-order valence-corrected chi connectivity index (χ0v) is 11.2. The first-order chi connectivity index (χ1) is 7.83. The van der Waals surface area contributed by atoms with E-state index in [0.717, 1.165) is 12.7 Å². The van der Waals surface area contributed by atoms with Crippen LogP contribution in [0.15, 0.2) is 36.3 Å². The fourth-order valence-corrected chi connectivity index (χ4v) is 1.03. The molecule has 1 aliphatic rings. The van der Waals surface area contributed by atoms with Crippen molar-refractivity contribution in [2.45, 2.75) is 41.0 Å². The molecule has 1 aliphatic carbocycles. The van der Waals surface area contributed by atoms with Crippen molar-refractivity contribution in [3.05, 3.63) is 36.3 Å². The van der Waals surface area contributed by atoms with Crippen molar-refractivity contribution < 1.29 is 9.84 Å². The minimum Gasteiger partial charge on any atom is -0.512 e. The first kappa shape index (κ1) is 17.2. The second-order valence-electron chi connectivity index (χ2n) is 2.86. The van der Waals surface area contributed by atoms with Gasteiger partial charge < -0.3 is 9.84 Å². The van der Waals surface area contributed by atoms with Crippen LogP contribution in [0.2, 0.25) is 0 Å². The van der Waals surface area contributed by atoms with E-state index in [1.807, 2.05) is 39.8 Å². The van der Waals surface area contributed by atoms with Crippen molar-refractivity contribution in [2.24, 2.45) is 5.92 Å². The molecule has 1 atom stereocenters. The van der Waals surface area contributed by atoms with Gasteiger partial charge in [0.2, 0.25) is 0 Å². The monoisotopic (exact) mass is 226 g/mol. The Hall–Kier alpha value is -1.18. The van der Waals surface area contributed by atoms with Crippen LogP contribution in [0, 0.1) is 5.92 Å². The predicted molar refractivity (Wildman–Crippen MR) is 71.4 cm³/mol. The van der Waals surface area contributed by atoms with Crippen LogP contribution in [0.5, 0.6) is 0 Å². The quantitative estimate of drug-likeness (QED) is 0.712. The maximum absolute atomic E-state index is 8.55. The highest BCUT2D eigenvalue weighted by Crippen LogP contribution is 2.12. The molecule has 16 heavy (non-hydrogen) atoms. The van der Waals surface area contributed by atoms with Crippen LogP contribution in [0.25, 0.3) is 0 Å². The van der Waals surface area contributed by atoms with Crippen molar-refractivity contribution in [2.75, 3.05) is 6.61 Å². The standard InChI is InChI=1S/C10H14O2.2C2H6/c1-9(7-11)12-8-10-5-3-2-4-6-10;2*1-2/h2-5,7,10-11H,6,8H2,1H3;2*1-2H3. The molecule has 0 radical (unpaired) electrons. The van der Waals surface area contributed by atoms with Gasteiger partial charge in [-0.2, -0.15) is 0 Å². The maximum atomic E-state index is 8.55. The van der Waals surface area contributed by atoms with E-state index in [0.29, 0.717) is 18.3 Å². The number of allylic oxidation sites excluding steroid dienone is 4. The summed E-state index contributed by atoms with van der Waals surface area (Å²) in [4.78, 5) is 0. The van der Waals surface area contributed by atoms with Gasteiger partial charge in [0.15, 0.2) is 0 Å². The van der Waals surface area contributed by atoms with E-state index < -0.39 is 0 Å². The lowest BCUT2D eigenvalue weighted by molar-refractivity contribution is 0.175. The summed E-state index contributed by atoms with van der Waals surface area (Å²) >= 11 is 0. The molecule has 2 nitrogen and oxygen atoms in total. The number of aliphatic hydroxyl groups is 1. The van der Waals surface area contributed by atoms with Gasteiger partial charge in [0, 0.05) is 5.92 Å². The fourth-order valence-electron chi connectivity index (χ4n) is 1.03. The number of hydrogen-bond acceptors (Lipinski definition) is 2. The first-order valence-electron chi connectivity index (χ1n) is 6.10. The summed E-state index contributed by atoms with van der Waals surface area (Å²) in [5.41, 5.74) is 0. The molecule has 0 aromatic carbocycles. The molecule has 0 saturated heterocycles. The third kappa shape index (κ3) is 9.38. The highest BCUT2D eigenvalue weighted by molar-refractivity contribution is 5.10. The third-order valence-corrected chi connectivity index (χ3v) is 1.78. The second-order valence-corrected chi connectivity index (χ2v) is 2.86. The molecule has 2 heteroatoms. The molecule has 1 N–H and O–H groups in total. The number of ether oxygens (including phenoxy) is 1. The Morgan fingerprint density at radius 1 is 1.31 bits per heavy atom. The zero-order valence-electron chi connectivity index (χ0n) is 11.2. The van der Waals surface area contributed by atoms with Gasteiger partial charge in [0.25, 0.3) is 0 Å². The summed E-state index contributed by atoms with van der Waals surface area (Å²) in [5, 5.41) is 8.55. The largest absolute Gasteiger partial charge is 0.512 e. The van der Waals surface area contributed by atoms with E-state index >= 15 is 0 Å². The van der Waals surface area contributed by atoms with Crippen molar-refractivity contribution >= 4 is 0 Å². The summed E-state index contributed by atoms with van der Waals surface area (Å²) < 4.78 is 5.26. The van der Waals surface area contributed by atoms with E-state index in [9.17, 15) is 0 Å². The summed E-state index contributed by atoms with van der Waals surface area (Å²) in [6.45, 7) is 10.4. The van der Waals surface area contributed by atoms with Gasteiger partial charge in [0.05, 0.1) is 6.61 Å².